The number of nitrogens with zero attached hydrogens (tertiary/aromatic N) is 1. The fourth-order valence-electron chi connectivity index (χ4n) is 7.77. The normalized spacial score (nSPS) is 21.9. The minimum absolute atomic E-state index is 0.153. The van der Waals surface area contributed by atoms with Crippen molar-refractivity contribution < 1.29 is 178 Å². The van der Waals surface area contributed by atoms with Crippen LogP contribution in [0.3, 0.4) is 0 Å². The van der Waals surface area contributed by atoms with Gasteiger partial charge in [0.25, 0.3) is 5.17 Å². The minimum Gasteiger partial charge on any atom is -0.462 e. The Labute approximate surface area is 463 Å². The van der Waals surface area contributed by atoms with Crippen LogP contribution in [0.15, 0.2) is 60.7 Å². The average Bonchev–Trinajstić information content (AvgIpc) is 0.712. The quantitative estimate of drug-likeness (QED) is 0.0682. The molecule has 2 fully saturated rings. The lowest BCUT2D eigenvalue weighted by Crippen LogP contribution is -2.74. The molecule has 42 heteroatoms. The SMILES string of the molecule is CO[C@H]1O[C@@H]2CO[C@@H](c3ccccc3)O[C@H]2[C@H](OC(=S)N(CCCC(F)(F)C(F)(F)C(F)(F)C(F)(F)C(F)(F)C(F)(F)C(F)(F)C(F)(F)F)CCCC(F)(F)C(F)(F)C(F)(F)C(F)(F)C(F)(F)C(F)(F)C(F)(F)C(F)(F)F)[C@H]1OCc1ccccc1. The summed E-state index contributed by atoms with van der Waals surface area (Å²) in [4.78, 5) is -0.270. The van der Waals surface area contributed by atoms with Gasteiger partial charge in [-0.05, 0) is 30.6 Å². The van der Waals surface area contributed by atoms with Crippen molar-refractivity contribution in [1.29, 1.82) is 0 Å². The van der Waals surface area contributed by atoms with Crippen molar-refractivity contribution in [1.82, 2.24) is 4.90 Å². The second-order valence-corrected chi connectivity index (χ2v) is 18.9. The van der Waals surface area contributed by atoms with Crippen LogP contribution in [0.25, 0.3) is 0 Å². The maximum absolute atomic E-state index is 15.1. The van der Waals surface area contributed by atoms with Crippen LogP contribution in [-0.4, -0.2) is 163 Å². The van der Waals surface area contributed by atoms with Crippen LogP contribution in [0.2, 0.25) is 0 Å². The maximum Gasteiger partial charge on any atom is 0.460 e. The van der Waals surface area contributed by atoms with Crippen molar-refractivity contribution in [3.63, 3.8) is 0 Å². The second kappa shape index (κ2) is 24.1. The molecule has 2 heterocycles. The molecule has 2 aromatic carbocycles. The van der Waals surface area contributed by atoms with Crippen LogP contribution in [-0.2, 0) is 35.0 Å². The lowest BCUT2D eigenvalue weighted by Gasteiger charge is -2.49. The molecule has 2 aliphatic rings. The molecule has 2 aromatic rings. The molecule has 7 nitrogen and oxygen atoms in total. The Bertz CT molecular complexity index is 2480. The molecular formula is C44H35F34NO6S. The molecule has 0 aliphatic carbocycles. The van der Waals surface area contributed by atoms with E-state index in [1.807, 2.05) is 0 Å². The van der Waals surface area contributed by atoms with Gasteiger partial charge < -0.3 is 33.3 Å². The highest BCUT2D eigenvalue weighted by Gasteiger charge is 2.97. The smallest absolute Gasteiger partial charge is 0.460 e. The summed E-state index contributed by atoms with van der Waals surface area (Å²) in [5.74, 6) is -120. The van der Waals surface area contributed by atoms with E-state index in [1.165, 1.54) is 60.7 Å². The first-order valence-corrected chi connectivity index (χ1v) is 23.4. The van der Waals surface area contributed by atoms with Crippen LogP contribution in [0.5, 0.6) is 0 Å². The molecule has 0 aromatic heterocycles. The van der Waals surface area contributed by atoms with Crippen LogP contribution >= 0.6 is 12.2 Å². The lowest BCUT2D eigenvalue weighted by molar-refractivity contribution is -0.461. The molecule has 4 rings (SSSR count). The maximum atomic E-state index is 15.1. The van der Waals surface area contributed by atoms with E-state index in [-0.39, 0.29) is 16.0 Å². The summed E-state index contributed by atoms with van der Waals surface area (Å²) >= 11 is 5.00. The van der Waals surface area contributed by atoms with Gasteiger partial charge in [-0.3, -0.25) is 0 Å². The zero-order valence-electron chi connectivity index (χ0n) is 41.6. The number of alkyl halides is 34. The highest BCUT2D eigenvalue weighted by atomic mass is 32.1. The van der Waals surface area contributed by atoms with Crippen LogP contribution < -0.4 is 0 Å². The van der Waals surface area contributed by atoms with Gasteiger partial charge in [0.15, 0.2) is 18.7 Å². The van der Waals surface area contributed by atoms with E-state index in [0.29, 0.717) is 0 Å². The van der Waals surface area contributed by atoms with E-state index in [2.05, 4.69) is 0 Å². The van der Waals surface area contributed by atoms with Gasteiger partial charge in [0, 0.05) is 38.6 Å². The fourth-order valence-corrected chi connectivity index (χ4v) is 8.06. The van der Waals surface area contributed by atoms with Gasteiger partial charge in [-0.25, -0.2) is 0 Å². The molecule has 0 bridgehead atoms. The molecular weight excluding hydrogens is 1320 g/mol. The van der Waals surface area contributed by atoms with Crippen molar-refractivity contribution in [3.05, 3.63) is 71.8 Å². The van der Waals surface area contributed by atoms with Crippen LogP contribution in [0.4, 0.5) is 149 Å². The number of ether oxygens (including phenoxy) is 6. The Kier molecular flexibility index (Phi) is 20.7. The summed E-state index contributed by atoms with van der Waals surface area (Å²) in [6.07, 6.45) is -38.1. The van der Waals surface area contributed by atoms with E-state index in [0.717, 1.165) is 7.11 Å². The first kappa shape index (κ1) is 74.0. The molecule has 6 atom stereocenters. The highest BCUT2D eigenvalue weighted by molar-refractivity contribution is 7.80. The molecule has 0 radical (unpaired) electrons. The number of hydrogen-bond donors (Lipinski definition) is 0. The number of halogens is 34. The lowest BCUT2D eigenvalue weighted by atomic mass is 9.88. The fraction of sp³-hybridized carbons (Fsp3) is 0.705. The molecule has 2 saturated heterocycles. The molecule has 0 amide bonds. The number of fused-ring (bicyclic) bond motifs is 1. The Hall–Kier alpha value is -4.45. The Morgan fingerprint density at radius 3 is 1.17 bits per heavy atom. The molecule has 2 aliphatic heterocycles. The van der Waals surface area contributed by atoms with Crippen molar-refractivity contribution in [2.75, 3.05) is 26.8 Å². The molecule has 0 unspecified atom stereocenters. The molecule has 86 heavy (non-hydrogen) atoms. The van der Waals surface area contributed by atoms with E-state index in [1.54, 1.807) is 0 Å². The van der Waals surface area contributed by atoms with Gasteiger partial charge in [0.2, 0.25) is 0 Å². The highest BCUT2D eigenvalue weighted by Crippen LogP contribution is 2.66. The van der Waals surface area contributed by atoms with Crippen molar-refractivity contribution in [2.45, 2.75) is 165 Å². The summed E-state index contributed by atoms with van der Waals surface area (Å²) in [6.45, 7) is -5.22. The minimum atomic E-state index is -9.09. The molecule has 0 spiro atoms. The summed E-state index contributed by atoms with van der Waals surface area (Å²) in [5.41, 5.74) is 0.415. The number of rotatable bonds is 26. The van der Waals surface area contributed by atoms with E-state index in [4.69, 9.17) is 40.6 Å². The van der Waals surface area contributed by atoms with Crippen LogP contribution in [0.1, 0.15) is 43.1 Å². The van der Waals surface area contributed by atoms with Crippen molar-refractivity contribution >= 4 is 17.4 Å². The third kappa shape index (κ3) is 12.3. The van der Waals surface area contributed by atoms with E-state index < -0.39 is 189 Å². The molecule has 0 N–H and O–H groups in total. The van der Waals surface area contributed by atoms with Gasteiger partial charge in [-0.1, -0.05) is 60.7 Å². The van der Waals surface area contributed by atoms with Gasteiger partial charge in [0.1, 0.15) is 18.3 Å². The standard InChI is InChI=1S/C44H35F34NO6S/c1-80-27-25(81-18-20-10-4-2-5-11-20)24(23-22(83-27)19-82-26(84-23)21-12-6-3-7-13-21)85-28(86)79(16-8-14-29(45,46)31(49,50)33(53,54)35(57,58)37(61,62)39(65,66)41(69,70)43(73,74)75)17-9-15-30(47,48)32(51,52)34(55,56)36(59,60)38(63,64)40(67,68)42(71,72)44(76,77)78/h2-7,10-13,22-27H,8-9,14-19H2,1H3/t22-,23-,24+,25-,26-,27+/m1/s1. The Balaban J connectivity index is 1.79. The first-order chi connectivity index (χ1) is 38.4. The summed E-state index contributed by atoms with van der Waals surface area (Å²) in [6, 6.07) is 14.1. The Morgan fingerprint density at radius 1 is 0.465 bits per heavy atom. The summed E-state index contributed by atoms with van der Waals surface area (Å²) < 4.78 is 511. The van der Waals surface area contributed by atoms with Gasteiger partial charge in [-0.2, -0.15) is 149 Å². The monoisotopic (exact) mass is 1350 g/mol. The van der Waals surface area contributed by atoms with Crippen molar-refractivity contribution in [3.8, 4) is 0 Å². The number of thiocarbonyl (C=S) groups is 1. The average molecular weight is 1350 g/mol. The second-order valence-electron chi connectivity index (χ2n) is 18.6. The van der Waals surface area contributed by atoms with Crippen LogP contribution in [0, 0.1) is 0 Å². The first-order valence-electron chi connectivity index (χ1n) is 23.0. The third-order valence-electron chi connectivity index (χ3n) is 12.8. The van der Waals surface area contributed by atoms with Gasteiger partial charge in [-0.15, -0.1) is 0 Å². The van der Waals surface area contributed by atoms with E-state index >= 15 is 17.6 Å². The Morgan fingerprint density at radius 2 is 0.814 bits per heavy atom. The summed E-state index contributed by atoms with van der Waals surface area (Å²) in [5, 5.41) is -1.64. The van der Waals surface area contributed by atoms with Gasteiger partial charge in [0.05, 0.1) is 13.2 Å². The number of hydrogen-bond acceptors (Lipinski definition) is 7. The predicted octanol–water partition coefficient (Wildman–Crippen LogP) is 15.6. The van der Waals surface area contributed by atoms with E-state index in [9.17, 15) is 132 Å². The zero-order chi connectivity index (χ0) is 66.7. The topological polar surface area (TPSA) is 58.6 Å². The number of methoxy groups -OCH3 is 1. The third-order valence-corrected chi connectivity index (χ3v) is 13.1. The molecule has 496 valence electrons. The largest absolute Gasteiger partial charge is 0.462 e. The van der Waals surface area contributed by atoms with Crippen molar-refractivity contribution in [2.24, 2.45) is 0 Å². The van der Waals surface area contributed by atoms with Gasteiger partial charge >= 0.3 is 95.3 Å². The zero-order valence-corrected chi connectivity index (χ0v) is 42.4. The summed E-state index contributed by atoms with van der Waals surface area (Å²) in [7, 11) is 0.891. The predicted molar refractivity (Wildman–Crippen MR) is 220 cm³/mol. The number of benzene rings is 2. The molecule has 0 saturated carbocycles.